The first-order chi connectivity index (χ1) is 13.8. The zero-order valence-corrected chi connectivity index (χ0v) is 16.1. The highest BCUT2D eigenvalue weighted by Gasteiger charge is 2.45. The molecule has 6 nitrogen and oxygen atoms in total. The second-order valence-electron chi connectivity index (χ2n) is 7.43. The summed E-state index contributed by atoms with van der Waals surface area (Å²) in [6, 6.07) is 10.4. The SMILES string of the molecule is Cc1c(F)cccc1[C@@H]1[C@@H](C(=O)c2cccc(O)c2)CN(CCO)C[C@H]1C(=O)O. The molecule has 0 bridgehead atoms. The Morgan fingerprint density at radius 1 is 1.14 bits per heavy atom. The maximum Gasteiger partial charge on any atom is 0.308 e. The molecule has 3 atom stereocenters. The molecule has 0 amide bonds. The molecular weight excluding hydrogens is 377 g/mol. The highest BCUT2D eigenvalue weighted by molar-refractivity contribution is 5.99. The molecule has 2 aromatic carbocycles. The number of rotatable bonds is 6. The highest BCUT2D eigenvalue weighted by Crippen LogP contribution is 2.41. The van der Waals surface area contributed by atoms with Crippen LogP contribution in [0.15, 0.2) is 42.5 Å². The van der Waals surface area contributed by atoms with Gasteiger partial charge in [0, 0.05) is 37.0 Å². The first kappa shape index (κ1) is 21.0. The van der Waals surface area contributed by atoms with Gasteiger partial charge in [-0.2, -0.15) is 0 Å². The van der Waals surface area contributed by atoms with Gasteiger partial charge in [-0.1, -0.05) is 24.3 Å². The average molecular weight is 401 g/mol. The number of piperidine rings is 1. The number of hydrogen-bond acceptors (Lipinski definition) is 5. The number of hydrogen-bond donors (Lipinski definition) is 3. The molecule has 0 saturated carbocycles. The summed E-state index contributed by atoms with van der Waals surface area (Å²) in [6.45, 7) is 2.05. The molecule has 1 fully saturated rings. The lowest BCUT2D eigenvalue weighted by molar-refractivity contribution is -0.145. The molecule has 7 heteroatoms. The summed E-state index contributed by atoms with van der Waals surface area (Å²) in [5.41, 5.74) is 1.09. The van der Waals surface area contributed by atoms with Crippen LogP contribution in [0.5, 0.6) is 5.75 Å². The summed E-state index contributed by atoms with van der Waals surface area (Å²) in [4.78, 5) is 27.2. The van der Waals surface area contributed by atoms with Crippen molar-refractivity contribution in [2.75, 3.05) is 26.2 Å². The maximum atomic E-state index is 14.3. The third-order valence-electron chi connectivity index (χ3n) is 5.65. The van der Waals surface area contributed by atoms with Gasteiger partial charge < -0.3 is 15.3 Å². The molecule has 1 saturated heterocycles. The standard InChI is InChI=1S/C22H24FNO5/c1-13-16(6-3-7-19(13)23)20-17(21(27)14-4-2-5-15(26)10-14)11-24(8-9-25)12-18(20)22(28)29/h2-7,10,17-18,20,25-26H,8-9,11-12H2,1H3,(H,28,29)/t17-,18+,20+/m0/s1. The lowest BCUT2D eigenvalue weighted by Crippen LogP contribution is -2.51. The van der Waals surface area contributed by atoms with Crippen molar-refractivity contribution in [2.45, 2.75) is 12.8 Å². The van der Waals surface area contributed by atoms with E-state index in [1.165, 1.54) is 24.3 Å². The first-order valence-corrected chi connectivity index (χ1v) is 9.47. The smallest absolute Gasteiger partial charge is 0.308 e. The van der Waals surface area contributed by atoms with Crippen LogP contribution in [0.3, 0.4) is 0 Å². The summed E-state index contributed by atoms with van der Waals surface area (Å²) >= 11 is 0. The van der Waals surface area contributed by atoms with Crippen molar-refractivity contribution in [2.24, 2.45) is 11.8 Å². The molecule has 0 radical (unpaired) electrons. The van der Waals surface area contributed by atoms with Gasteiger partial charge in [0.15, 0.2) is 5.78 Å². The second-order valence-corrected chi connectivity index (χ2v) is 7.43. The number of aromatic hydroxyl groups is 1. The Hall–Kier alpha value is -2.77. The van der Waals surface area contributed by atoms with Gasteiger partial charge >= 0.3 is 5.97 Å². The maximum absolute atomic E-state index is 14.3. The number of carbonyl (C=O) groups excluding carboxylic acids is 1. The second kappa shape index (κ2) is 8.71. The Balaban J connectivity index is 2.11. The zero-order valence-electron chi connectivity index (χ0n) is 16.1. The van der Waals surface area contributed by atoms with E-state index >= 15 is 0 Å². The quantitative estimate of drug-likeness (QED) is 0.643. The van der Waals surface area contributed by atoms with E-state index in [0.717, 1.165) is 0 Å². The molecule has 29 heavy (non-hydrogen) atoms. The zero-order chi connectivity index (χ0) is 21.1. The van der Waals surface area contributed by atoms with Gasteiger partial charge in [-0.05, 0) is 36.2 Å². The molecule has 0 spiro atoms. The third kappa shape index (κ3) is 4.31. The number of aliphatic hydroxyl groups excluding tert-OH is 1. The number of carbonyl (C=O) groups is 2. The number of carboxylic acids is 1. The van der Waals surface area contributed by atoms with E-state index in [0.29, 0.717) is 11.1 Å². The van der Waals surface area contributed by atoms with Gasteiger partial charge in [0.1, 0.15) is 11.6 Å². The monoisotopic (exact) mass is 401 g/mol. The summed E-state index contributed by atoms with van der Waals surface area (Å²) in [6.07, 6.45) is 0. The molecular formula is C22H24FNO5. The fourth-order valence-corrected chi connectivity index (χ4v) is 4.23. The molecule has 1 aliphatic rings. The van der Waals surface area contributed by atoms with Crippen LogP contribution in [0.4, 0.5) is 4.39 Å². The van der Waals surface area contributed by atoms with E-state index in [1.54, 1.807) is 30.0 Å². The Bertz CT molecular complexity index is 916. The van der Waals surface area contributed by atoms with Gasteiger partial charge in [-0.3, -0.25) is 14.5 Å². The molecule has 2 aromatic rings. The lowest BCUT2D eigenvalue weighted by atomic mass is 9.70. The molecule has 1 aliphatic heterocycles. The lowest BCUT2D eigenvalue weighted by Gasteiger charge is -2.42. The number of carboxylic acid groups (broad SMARTS) is 1. The van der Waals surface area contributed by atoms with Crippen LogP contribution in [0.1, 0.15) is 27.4 Å². The van der Waals surface area contributed by atoms with E-state index in [-0.39, 0.29) is 43.3 Å². The van der Waals surface area contributed by atoms with Crippen molar-refractivity contribution in [3.05, 3.63) is 65.0 Å². The van der Waals surface area contributed by atoms with E-state index in [9.17, 15) is 29.3 Å². The predicted octanol–water partition coefficient (Wildman–Crippen LogP) is 2.43. The number of ketones is 1. The molecule has 0 aliphatic carbocycles. The van der Waals surface area contributed by atoms with Gasteiger partial charge in [0.25, 0.3) is 0 Å². The molecule has 0 aromatic heterocycles. The van der Waals surface area contributed by atoms with E-state index in [1.807, 2.05) is 0 Å². The van der Waals surface area contributed by atoms with Gasteiger partial charge in [0.05, 0.1) is 12.5 Å². The summed E-state index contributed by atoms with van der Waals surface area (Å²) < 4.78 is 14.3. The fraction of sp³-hybridized carbons (Fsp3) is 0.364. The third-order valence-corrected chi connectivity index (χ3v) is 5.65. The number of likely N-dealkylation sites (tertiary alicyclic amines) is 1. The van der Waals surface area contributed by atoms with Crippen molar-refractivity contribution < 1.29 is 29.3 Å². The van der Waals surface area contributed by atoms with E-state index in [4.69, 9.17) is 0 Å². The van der Waals surface area contributed by atoms with Crippen LogP contribution in [0.25, 0.3) is 0 Å². The molecule has 3 rings (SSSR count). The molecule has 3 N–H and O–H groups in total. The minimum absolute atomic E-state index is 0.0628. The number of β-amino-alcohol motifs (C(OH)–C–C–N with tert-alkyl or cyclic N) is 1. The molecule has 0 unspecified atom stereocenters. The normalized spacial score (nSPS) is 22.4. The Labute approximate surface area is 168 Å². The van der Waals surface area contributed by atoms with Crippen molar-refractivity contribution in [1.82, 2.24) is 4.90 Å². The topological polar surface area (TPSA) is 98.1 Å². The van der Waals surface area contributed by atoms with Crippen molar-refractivity contribution in [3.63, 3.8) is 0 Å². The summed E-state index contributed by atoms with van der Waals surface area (Å²) in [5.74, 6) is -4.34. The minimum Gasteiger partial charge on any atom is -0.508 e. The van der Waals surface area contributed by atoms with Crippen molar-refractivity contribution in [1.29, 1.82) is 0 Å². The molecule has 154 valence electrons. The Kier molecular flexibility index (Phi) is 6.30. The molecule has 1 heterocycles. The van der Waals surface area contributed by atoms with Crippen LogP contribution >= 0.6 is 0 Å². The number of benzene rings is 2. The highest BCUT2D eigenvalue weighted by atomic mass is 19.1. The Morgan fingerprint density at radius 3 is 2.48 bits per heavy atom. The van der Waals surface area contributed by atoms with Gasteiger partial charge in [-0.15, -0.1) is 0 Å². The van der Waals surface area contributed by atoms with Gasteiger partial charge in [0.2, 0.25) is 0 Å². The minimum atomic E-state index is -1.07. The largest absolute Gasteiger partial charge is 0.508 e. The Morgan fingerprint density at radius 2 is 1.83 bits per heavy atom. The first-order valence-electron chi connectivity index (χ1n) is 9.47. The van der Waals surface area contributed by atoms with Crippen LogP contribution in [-0.2, 0) is 4.79 Å². The number of aliphatic carboxylic acids is 1. The van der Waals surface area contributed by atoms with Crippen molar-refractivity contribution in [3.8, 4) is 5.75 Å². The number of aliphatic hydroxyl groups is 1. The van der Waals surface area contributed by atoms with Gasteiger partial charge in [-0.25, -0.2) is 4.39 Å². The van der Waals surface area contributed by atoms with Crippen LogP contribution in [0, 0.1) is 24.6 Å². The average Bonchev–Trinajstić information content (AvgIpc) is 2.69. The number of Topliss-reactive ketones (excluding diaryl/α,β-unsaturated/α-hetero) is 1. The van der Waals surface area contributed by atoms with Crippen LogP contribution in [0.2, 0.25) is 0 Å². The number of nitrogens with zero attached hydrogens (tertiary/aromatic N) is 1. The number of phenolic OH excluding ortho intramolecular Hbond substituents is 1. The van der Waals surface area contributed by atoms with E-state index < -0.39 is 29.5 Å². The summed E-state index contributed by atoms with van der Waals surface area (Å²) in [7, 11) is 0. The summed E-state index contributed by atoms with van der Waals surface area (Å²) in [5, 5.41) is 29.0. The van der Waals surface area contributed by atoms with E-state index in [2.05, 4.69) is 0 Å². The predicted molar refractivity (Wildman–Crippen MR) is 104 cm³/mol. The van der Waals surface area contributed by atoms with Crippen LogP contribution < -0.4 is 0 Å². The fourth-order valence-electron chi connectivity index (χ4n) is 4.23. The number of phenols is 1. The van der Waals surface area contributed by atoms with Crippen LogP contribution in [-0.4, -0.2) is 58.2 Å². The van der Waals surface area contributed by atoms with Crippen molar-refractivity contribution >= 4 is 11.8 Å². The number of halogens is 1.